The fourth-order valence-electron chi connectivity index (χ4n) is 8.92. The Morgan fingerprint density at radius 2 is 0.963 bits per heavy atom. The van der Waals surface area contributed by atoms with E-state index in [-0.39, 0.29) is 5.41 Å². The zero-order valence-corrected chi connectivity index (χ0v) is 30.5. The maximum absolute atomic E-state index is 2.48. The first kappa shape index (κ1) is 32.0. The zero-order chi connectivity index (χ0) is 36.2. The fourth-order valence-corrected chi connectivity index (χ4v) is 8.92. The summed E-state index contributed by atoms with van der Waals surface area (Å²) in [6.07, 6.45) is 0. The van der Waals surface area contributed by atoms with Crippen LogP contribution in [0.1, 0.15) is 25.0 Å². The molecule has 0 saturated carbocycles. The first-order valence-corrected chi connectivity index (χ1v) is 18.9. The van der Waals surface area contributed by atoms with Gasteiger partial charge in [-0.05, 0) is 108 Å². The summed E-state index contributed by atoms with van der Waals surface area (Å²) in [5.74, 6) is 0. The molecule has 1 aliphatic carbocycles. The third-order valence-electron chi connectivity index (χ3n) is 11.4. The quantitative estimate of drug-likeness (QED) is 0.168. The van der Waals surface area contributed by atoms with Crippen LogP contribution in [-0.2, 0) is 5.41 Å². The van der Waals surface area contributed by atoms with Crippen LogP contribution in [0.25, 0.3) is 66.1 Å². The molecule has 1 heteroatoms. The summed E-state index contributed by atoms with van der Waals surface area (Å²) >= 11 is 0. The normalized spacial score (nSPS) is 12.8. The van der Waals surface area contributed by atoms with Crippen LogP contribution >= 0.6 is 0 Å². The smallest absolute Gasteiger partial charge is 0.0508 e. The molecule has 0 unspecified atom stereocenters. The van der Waals surface area contributed by atoms with E-state index in [2.05, 4.69) is 219 Å². The van der Waals surface area contributed by atoms with Gasteiger partial charge in [0.25, 0.3) is 0 Å². The van der Waals surface area contributed by atoms with Crippen molar-refractivity contribution in [2.45, 2.75) is 19.3 Å². The van der Waals surface area contributed by atoms with Crippen molar-refractivity contribution in [3.63, 3.8) is 0 Å². The van der Waals surface area contributed by atoms with Gasteiger partial charge in [-0.1, -0.05) is 184 Å². The molecule has 0 aromatic heterocycles. The highest BCUT2D eigenvalue weighted by Crippen LogP contribution is 2.56. The largest absolute Gasteiger partial charge is 0.310 e. The molecule has 9 aromatic carbocycles. The summed E-state index contributed by atoms with van der Waals surface area (Å²) in [7, 11) is 0. The van der Waals surface area contributed by atoms with E-state index >= 15 is 0 Å². The van der Waals surface area contributed by atoms with E-state index in [9.17, 15) is 0 Å². The van der Waals surface area contributed by atoms with Crippen molar-refractivity contribution in [2.24, 2.45) is 0 Å². The maximum atomic E-state index is 2.48. The van der Waals surface area contributed by atoms with Gasteiger partial charge in [-0.15, -0.1) is 0 Å². The van der Waals surface area contributed by atoms with E-state index in [1.165, 1.54) is 82.9 Å². The minimum atomic E-state index is -0.217. The molecule has 0 amide bonds. The molecule has 0 radical (unpaired) electrons. The lowest BCUT2D eigenvalue weighted by Crippen LogP contribution is -2.20. The van der Waals surface area contributed by atoms with Crippen molar-refractivity contribution in [1.29, 1.82) is 0 Å². The van der Waals surface area contributed by atoms with Gasteiger partial charge in [0.05, 0.1) is 5.69 Å². The lowest BCUT2D eigenvalue weighted by molar-refractivity contribution is 0.661. The third kappa shape index (κ3) is 5.16. The van der Waals surface area contributed by atoms with E-state index in [0.717, 1.165) is 11.4 Å². The molecule has 0 N–H and O–H groups in total. The molecule has 0 bridgehead atoms. The Morgan fingerprint density at radius 3 is 1.72 bits per heavy atom. The van der Waals surface area contributed by atoms with Gasteiger partial charge >= 0.3 is 0 Å². The molecule has 1 nitrogen and oxygen atoms in total. The standard InChI is InChI=1S/C53H39N/c1-53(2)48-34-31-39-19-9-10-24-45(39)51(48)47-27-14-28-49(52(47)53)54(42-32-29-37(30-33-42)36-15-5-3-6-16-36)43-23-11-22-41(35-43)46-26-13-21-40-20-12-25-44(50(40)46)38-17-7-4-8-18-38/h3-35H,1-2H3. The van der Waals surface area contributed by atoms with Gasteiger partial charge in [-0.3, -0.25) is 0 Å². The van der Waals surface area contributed by atoms with Crippen LogP contribution in [0, 0.1) is 0 Å². The minimum Gasteiger partial charge on any atom is -0.310 e. The number of hydrogen-bond donors (Lipinski definition) is 0. The predicted octanol–water partition coefficient (Wildman–Crippen LogP) is 14.8. The molecule has 9 aromatic rings. The van der Waals surface area contributed by atoms with Gasteiger partial charge in [0.1, 0.15) is 0 Å². The number of nitrogens with zero attached hydrogens (tertiary/aromatic N) is 1. The molecule has 0 saturated heterocycles. The average Bonchev–Trinajstić information content (AvgIpc) is 3.48. The summed E-state index contributed by atoms with van der Waals surface area (Å²) in [4.78, 5) is 2.48. The molecule has 0 spiro atoms. The number of benzene rings is 9. The van der Waals surface area contributed by atoms with Crippen molar-refractivity contribution >= 4 is 38.6 Å². The van der Waals surface area contributed by atoms with E-state index in [1.54, 1.807) is 0 Å². The number of fused-ring (bicyclic) bond motifs is 6. The molecule has 0 heterocycles. The van der Waals surface area contributed by atoms with Gasteiger partial charge in [0, 0.05) is 16.8 Å². The number of anilines is 3. The van der Waals surface area contributed by atoms with Crippen molar-refractivity contribution in [1.82, 2.24) is 0 Å². The van der Waals surface area contributed by atoms with Crippen LogP contribution in [-0.4, -0.2) is 0 Å². The Hall–Kier alpha value is -6.70. The first-order valence-electron chi connectivity index (χ1n) is 18.9. The molecule has 1 aliphatic rings. The van der Waals surface area contributed by atoms with Crippen LogP contribution in [0.4, 0.5) is 17.1 Å². The summed E-state index contributed by atoms with van der Waals surface area (Å²) in [5, 5.41) is 5.09. The van der Waals surface area contributed by atoms with E-state index in [0.29, 0.717) is 0 Å². The minimum absolute atomic E-state index is 0.217. The average molecular weight is 690 g/mol. The van der Waals surface area contributed by atoms with Crippen molar-refractivity contribution in [3.05, 3.63) is 211 Å². The van der Waals surface area contributed by atoms with Crippen LogP contribution in [0.2, 0.25) is 0 Å². The Kier molecular flexibility index (Phi) is 7.56. The Bertz CT molecular complexity index is 2830. The fraction of sp³-hybridized carbons (Fsp3) is 0.0566. The molecule has 0 atom stereocenters. The van der Waals surface area contributed by atoms with Gasteiger partial charge in [0.15, 0.2) is 0 Å². The van der Waals surface area contributed by atoms with Crippen LogP contribution in [0.3, 0.4) is 0 Å². The van der Waals surface area contributed by atoms with E-state index in [4.69, 9.17) is 0 Å². The summed E-state index contributed by atoms with van der Waals surface area (Å²) in [6, 6.07) is 73.3. The van der Waals surface area contributed by atoms with Crippen molar-refractivity contribution in [3.8, 4) is 44.5 Å². The monoisotopic (exact) mass is 689 g/mol. The van der Waals surface area contributed by atoms with Crippen LogP contribution in [0.15, 0.2) is 200 Å². The first-order chi connectivity index (χ1) is 26.6. The van der Waals surface area contributed by atoms with Crippen LogP contribution < -0.4 is 4.90 Å². The lowest BCUT2D eigenvalue weighted by atomic mass is 9.81. The molecule has 0 aliphatic heterocycles. The predicted molar refractivity (Wildman–Crippen MR) is 230 cm³/mol. The SMILES string of the molecule is CC1(C)c2ccc3ccccc3c2-c2cccc(N(c3ccc(-c4ccccc4)cc3)c3cccc(-c4cccc5cccc(-c6ccccc6)c45)c3)c21. The Balaban J connectivity index is 1.19. The lowest BCUT2D eigenvalue weighted by Gasteiger charge is -2.32. The topological polar surface area (TPSA) is 3.24 Å². The number of rotatable bonds is 6. The van der Waals surface area contributed by atoms with Crippen LogP contribution in [0.5, 0.6) is 0 Å². The highest BCUT2D eigenvalue weighted by molar-refractivity contribution is 6.07. The van der Waals surface area contributed by atoms with Gasteiger partial charge < -0.3 is 4.90 Å². The maximum Gasteiger partial charge on any atom is 0.0508 e. The van der Waals surface area contributed by atoms with Crippen molar-refractivity contribution in [2.75, 3.05) is 4.90 Å². The Morgan fingerprint density at radius 1 is 0.389 bits per heavy atom. The van der Waals surface area contributed by atoms with Gasteiger partial charge in [-0.2, -0.15) is 0 Å². The molecule has 0 fully saturated rings. The summed E-state index contributed by atoms with van der Waals surface area (Å²) in [5.41, 5.74) is 15.9. The molecule has 256 valence electrons. The second-order valence-electron chi connectivity index (χ2n) is 14.9. The van der Waals surface area contributed by atoms with Gasteiger partial charge in [-0.25, -0.2) is 0 Å². The zero-order valence-electron chi connectivity index (χ0n) is 30.5. The molecular formula is C53H39N. The van der Waals surface area contributed by atoms with E-state index in [1.807, 2.05) is 0 Å². The molecular weight excluding hydrogens is 651 g/mol. The third-order valence-corrected chi connectivity index (χ3v) is 11.4. The summed E-state index contributed by atoms with van der Waals surface area (Å²) < 4.78 is 0. The molecule has 54 heavy (non-hydrogen) atoms. The van der Waals surface area contributed by atoms with Gasteiger partial charge in [0.2, 0.25) is 0 Å². The summed E-state index contributed by atoms with van der Waals surface area (Å²) in [6.45, 7) is 4.79. The van der Waals surface area contributed by atoms with Crippen molar-refractivity contribution < 1.29 is 0 Å². The second-order valence-corrected chi connectivity index (χ2v) is 14.9. The van der Waals surface area contributed by atoms with E-state index < -0.39 is 0 Å². The number of hydrogen-bond acceptors (Lipinski definition) is 1. The highest BCUT2D eigenvalue weighted by atomic mass is 15.1. The Labute approximate surface area is 317 Å². The second kappa shape index (κ2) is 12.8. The highest BCUT2D eigenvalue weighted by Gasteiger charge is 2.39. The molecule has 10 rings (SSSR count).